The van der Waals surface area contributed by atoms with Gasteiger partial charge in [-0.3, -0.25) is 9.59 Å². The molecule has 10 heteroatoms. The van der Waals surface area contributed by atoms with E-state index in [-0.39, 0.29) is 54.8 Å². The van der Waals surface area contributed by atoms with Crippen molar-refractivity contribution < 1.29 is 43.1 Å². The van der Waals surface area contributed by atoms with Crippen LogP contribution in [-0.4, -0.2) is 100 Å². The van der Waals surface area contributed by atoms with E-state index in [0.29, 0.717) is 52.5 Å². The summed E-state index contributed by atoms with van der Waals surface area (Å²) in [6.45, 7) is 23.6. The average molecular weight is 977 g/mol. The van der Waals surface area contributed by atoms with Crippen LogP contribution in [0.4, 0.5) is 0 Å². The fourth-order valence-corrected chi connectivity index (χ4v) is 7.70. The van der Waals surface area contributed by atoms with E-state index in [0.717, 1.165) is 167 Å². The zero-order chi connectivity index (χ0) is 50.9. The van der Waals surface area contributed by atoms with Gasteiger partial charge in [-0.05, 0) is 159 Å². The van der Waals surface area contributed by atoms with Crippen LogP contribution in [0.3, 0.4) is 0 Å². The summed E-state index contributed by atoms with van der Waals surface area (Å²) >= 11 is 0. The molecule has 404 valence electrons. The zero-order valence-corrected chi connectivity index (χ0v) is 46.1. The Morgan fingerprint density at radius 3 is 1.07 bits per heavy atom. The van der Waals surface area contributed by atoms with Crippen molar-refractivity contribution >= 4 is 11.9 Å². The van der Waals surface area contributed by atoms with Gasteiger partial charge in [0.1, 0.15) is 0 Å². The van der Waals surface area contributed by atoms with Crippen molar-refractivity contribution in [2.24, 2.45) is 10.8 Å². The van der Waals surface area contributed by atoms with Gasteiger partial charge in [-0.15, -0.1) is 0 Å². The summed E-state index contributed by atoms with van der Waals surface area (Å²) in [6, 6.07) is 0. The van der Waals surface area contributed by atoms with Crippen molar-refractivity contribution in [3.8, 4) is 0 Å². The molecular weight excluding hydrogens is 867 g/mol. The van der Waals surface area contributed by atoms with Crippen LogP contribution in [-0.2, 0) is 38.0 Å². The fraction of sp³-hybridized carbons (Fsp3) is 0.831. The van der Waals surface area contributed by atoms with Gasteiger partial charge in [-0.25, -0.2) is 0 Å². The van der Waals surface area contributed by atoms with Gasteiger partial charge in [0.2, 0.25) is 0 Å². The molecule has 0 aromatic rings. The summed E-state index contributed by atoms with van der Waals surface area (Å²) < 4.78 is 36.0. The first-order chi connectivity index (χ1) is 33.4. The quantitative estimate of drug-likeness (QED) is 0.0274. The predicted octanol–water partition coefficient (Wildman–Crippen LogP) is 15.0. The highest BCUT2D eigenvalue weighted by Crippen LogP contribution is 2.26. The number of esters is 2. The van der Waals surface area contributed by atoms with Gasteiger partial charge >= 0.3 is 11.9 Å². The largest absolute Gasteiger partial charge is 0.465 e. The predicted molar refractivity (Wildman–Crippen MR) is 288 cm³/mol. The van der Waals surface area contributed by atoms with Crippen LogP contribution in [0.2, 0.25) is 0 Å². The summed E-state index contributed by atoms with van der Waals surface area (Å²) in [5.74, 6) is -0.389. The second kappa shape index (κ2) is 48.0. The SMILES string of the molecule is CC/C=C\CCCCOC(CCC(=O)OCC(C)(C)CCCCN(CCCO)CCCCC(C)(C)COC(=O)CCC(OCCCC/C=C\CC)OCCCC/C=C\CC)OCCCC/C=C\CC. The zero-order valence-electron chi connectivity index (χ0n) is 46.1. The molecule has 0 spiro atoms. The molecule has 0 fully saturated rings. The van der Waals surface area contributed by atoms with E-state index in [4.69, 9.17) is 28.4 Å². The van der Waals surface area contributed by atoms with E-state index in [1.54, 1.807) is 0 Å². The summed E-state index contributed by atoms with van der Waals surface area (Å²) in [5, 5.41) is 9.60. The second-order valence-electron chi connectivity index (χ2n) is 20.4. The van der Waals surface area contributed by atoms with Crippen molar-refractivity contribution in [2.45, 2.75) is 241 Å². The molecule has 0 aromatic carbocycles. The van der Waals surface area contributed by atoms with Gasteiger partial charge in [0.05, 0.1) is 26.1 Å². The Labute approximate surface area is 425 Å². The lowest BCUT2D eigenvalue weighted by atomic mass is 9.88. The van der Waals surface area contributed by atoms with E-state index in [9.17, 15) is 14.7 Å². The van der Waals surface area contributed by atoms with Crippen molar-refractivity contribution in [3.63, 3.8) is 0 Å². The standard InChI is InChI=1S/C59H109NO9/c1-9-13-17-21-25-33-48-64-56(65-49-34-26-22-18-14-10-2)40-38-54(62)68-52-58(5,6)42-29-31-44-60(46-37-47-61)45-32-30-43-59(7,8)53-69-55(63)39-41-57(66-50-35-27-23-19-15-11-3)67-51-36-28-24-20-16-12-4/h13-20,56-57,61H,9-12,21-53H2,1-8H3/b17-13-,18-14-,19-15-,20-16-. The number of nitrogens with zero attached hydrogens (tertiary/aromatic N) is 1. The first-order valence-corrected chi connectivity index (χ1v) is 28.1. The molecule has 0 atom stereocenters. The molecule has 10 nitrogen and oxygen atoms in total. The highest BCUT2D eigenvalue weighted by atomic mass is 16.7. The molecule has 0 heterocycles. The molecular formula is C59H109NO9. The normalized spacial score (nSPS) is 12.8. The first-order valence-electron chi connectivity index (χ1n) is 28.1. The number of hydrogen-bond donors (Lipinski definition) is 1. The molecule has 69 heavy (non-hydrogen) atoms. The first kappa shape index (κ1) is 66.7. The van der Waals surface area contributed by atoms with Crippen molar-refractivity contribution in [3.05, 3.63) is 48.6 Å². The molecule has 0 unspecified atom stereocenters. The minimum Gasteiger partial charge on any atom is -0.465 e. The second-order valence-corrected chi connectivity index (χ2v) is 20.4. The van der Waals surface area contributed by atoms with Gasteiger partial charge in [0.15, 0.2) is 12.6 Å². The summed E-state index contributed by atoms with van der Waals surface area (Å²) in [7, 11) is 0. The number of carbonyl (C=O) groups excluding carboxylic acids is 2. The van der Waals surface area contributed by atoms with Gasteiger partial charge in [0.25, 0.3) is 0 Å². The van der Waals surface area contributed by atoms with Crippen LogP contribution in [0.25, 0.3) is 0 Å². The van der Waals surface area contributed by atoms with Gasteiger partial charge in [-0.1, -0.05) is 117 Å². The monoisotopic (exact) mass is 976 g/mol. The molecule has 0 aliphatic heterocycles. The summed E-state index contributed by atoms with van der Waals surface area (Å²) in [6.07, 6.45) is 42.1. The number of rotatable bonds is 51. The third-order valence-electron chi connectivity index (χ3n) is 12.1. The Balaban J connectivity index is 4.71. The van der Waals surface area contributed by atoms with Crippen LogP contribution in [0.1, 0.15) is 229 Å². The molecule has 0 aliphatic rings. The number of hydrogen-bond acceptors (Lipinski definition) is 10. The van der Waals surface area contributed by atoms with E-state index in [1.807, 2.05) is 0 Å². The highest BCUT2D eigenvalue weighted by Gasteiger charge is 2.23. The molecule has 0 saturated carbocycles. The van der Waals surface area contributed by atoms with Gasteiger partial charge in [0, 0.05) is 52.4 Å². The van der Waals surface area contributed by atoms with Crippen LogP contribution in [0, 0.1) is 10.8 Å². The highest BCUT2D eigenvalue weighted by molar-refractivity contribution is 5.69. The Bertz CT molecular complexity index is 1140. The third kappa shape index (κ3) is 46.5. The Hall–Kier alpha value is -2.34. The number of unbranched alkanes of at least 4 members (excludes halogenated alkanes) is 10. The molecule has 0 aliphatic carbocycles. The van der Waals surface area contributed by atoms with Crippen LogP contribution < -0.4 is 0 Å². The molecule has 0 amide bonds. The van der Waals surface area contributed by atoms with Crippen molar-refractivity contribution in [1.29, 1.82) is 0 Å². The van der Waals surface area contributed by atoms with Crippen molar-refractivity contribution in [1.82, 2.24) is 4.90 Å². The number of carbonyl (C=O) groups is 2. The molecule has 0 saturated heterocycles. The van der Waals surface area contributed by atoms with Gasteiger partial charge < -0.3 is 38.4 Å². The van der Waals surface area contributed by atoms with Crippen LogP contribution in [0.5, 0.6) is 0 Å². The molecule has 0 rings (SSSR count). The van der Waals surface area contributed by atoms with E-state index < -0.39 is 0 Å². The van der Waals surface area contributed by atoms with Gasteiger partial charge in [-0.2, -0.15) is 0 Å². The molecule has 0 bridgehead atoms. The number of aliphatic hydroxyl groups is 1. The van der Waals surface area contributed by atoms with Crippen LogP contribution in [0.15, 0.2) is 48.6 Å². The molecule has 0 aromatic heterocycles. The minimum atomic E-state index is -0.389. The molecule has 0 radical (unpaired) electrons. The van der Waals surface area contributed by atoms with E-state index in [1.165, 1.54) is 0 Å². The number of ether oxygens (including phenoxy) is 6. The third-order valence-corrected chi connectivity index (χ3v) is 12.1. The summed E-state index contributed by atoms with van der Waals surface area (Å²) in [4.78, 5) is 28.2. The maximum atomic E-state index is 12.9. The molecule has 1 N–H and O–H groups in total. The number of allylic oxidation sites excluding steroid dienone is 8. The summed E-state index contributed by atoms with van der Waals surface area (Å²) in [5.41, 5.74) is -0.239. The van der Waals surface area contributed by atoms with Crippen LogP contribution >= 0.6 is 0 Å². The lowest BCUT2D eigenvalue weighted by molar-refractivity contribution is -0.161. The van der Waals surface area contributed by atoms with E-state index >= 15 is 0 Å². The minimum absolute atomic E-state index is 0.119. The average Bonchev–Trinajstić information content (AvgIpc) is 3.33. The Morgan fingerprint density at radius 2 is 0.768 bits per heavy atom. The van der Waals surface area contributed by atoms with Crippen molar-refractivity contribution in [2.75, 3.05) is 65.9 Å². The topological polar surface area (TPSA) is 113 Å². The lowest BCUT2D eigenvalue weighted by Crippen LogP contribution is -2.29. The van der Waals surface area contributed by atoms with E-state index in [2.05, 4.69) is 109 Å². The maximum absolute atomic E-state index is 12.9. The smallest absolute Gasteiger partial charge is 0.305 e. The Morgan fingerprint density at radius 1 is 0.449 bits per heavy atom. The fourth-order valence-electron chi connectivity index (χ4n) is 7.70. The Kier molecular flexibility index (Phi) is 46.3. The number of aliphatic hydroxyl groups excluding tert-OH is 1. The lowest BCUT2D eigenvalue weighted by Gasteiger charge is -2.27. The maximum Gasteiger partial charge on any atom is 0.305 e.